The summed E-state index contributed by atoms with van der Waals surface area (Å²) < 4.78 is 13.4. The lowest BCUT2D eigenvalue weighted by Gasteiger charge is -2.21. The second-order valence-corrected chi connectivity index (χ2v) is 7.43. The number of likely N-dealkylation sites (N-methyl/N-ethyl adjacent to an activating group) is 1. The predicted molar refractivity (Wildman–Crippen MR) is 83.6 cm³/mol. The predicted octanol–water partition coefficient (Wildman–Crippen LogP) is 4.68. The summed E-state index contributed by atoms with van der Waals surface area (Å²) in [6, 6.07) is 4.97. The van der Waals surface area contributed by atoms with Gasteiger partial charge in [-0.3, -0.25) is 0 Å². The molecule has 1 atom stereocenters. The summed E-state index contributed by atoms with van der Waals surface area (Å²) in [5, 5.41) is 4.23. The third kappa shape index (κ3) is 2.60. The third-order valence-corrected chi connectivity index (χ3v) is 5.82. The van der Waals surface area contributed by atoms with Crippen molar-refractivity contribution in [3.05, 3.63) is 34.6 Å². The largest absolute Gasteiger partial charge is 0.314 e. The van der Waals surface area contributed by atoms with Crippen molar-refractivity contribution in [1.82, 2.24) is 5.32 Å². The van der Waals surface area contributed by atoms with Crippen LogP contribution in [0.15, 0.2) is 18.2 Å². The number of hydrogen-bond donors (Lipinski definition) is 1. The Bertz CT molecular complexity index is 482. The zero-order valence-electron chi connectivity index (χ0n) is 13.1. The molecule has 1 aliphatic carbocycles. The van der Waals surface area contributed by atoms with E-state index in [0.29, 0.717) is 27.8 Å². The Kier molecular flexibility index (Phi) is 4.19. The molecule has 1 unspecified atom stereocenters. The van der Waals surface area contributed by atoms with Crippen molar-refractivity contribution in [2.24, 2.45) is 16.7 Å². The number of hydrogen-bond acceptors (Lipinski definition) is 1. The topological polar surface area (TPSA) is 12.0 Å². The lowest BCUT2D eigenvalue weighted by molar-refractivity contribution is 0.402. The van der Waals surface area contributed by atoms with Gasteiger partial charge < -0.3 is 5.32 Å². The maximum atomic E-state index is 13.4. The summed E-state index contributed by atoms with van der Waals surface area (Å²) in [5.74, 6) is 0.364. The fourth-order valence-electron chi connectivity index (χ4n) is 3.76. The van der Waals surface area contributed by atoms with Crippen LogP contribution in [-0.4, -0.2) is 12.6 Å². The molecule has 1 nitrogen and oxygen atoms in total. The van der Waals surface area contributed by atoms with Crippen LogP contribution in [0.3, 0.4) is 0 Å². The summed E-state index contributed by atoms with van der Waals surface area (Å²) >= 11 is 6.21. The van der Waals surface area contributed by atoms with Crippen molar-refractivity contribution in [3.63, 3.8) is 0 Å². The Balaban J connectivity index is 2.21. The van der Waals surface area contributed by atoms with Crippen LogP contribution in [0.4, 0.5) is 4.39 Å². The van der Waals surface area contributed by atoms with Gasteiger partial charge in [-0.25, -0.2) is 4.39 Å². The molecule has 3 heteroatoms. The summed E-state index contributed by atoms with van der Waals surface area (Å²) in [6.07, 6.45) is 0.780. The molecular weight excluding hydrogens is 273 g/mol. The van der Waals surface area contributed by atoms with Gasteiger partial charge in [-0.1, -0.05) is 46.2 Å². The molecule has 0 saturated heterocycles. The Labute approximate surface area is 126 Å². The Hall–Kier alpha value is -0.600. The molecule has 0 radical (unpaired) electrons. The summed E-state index contributed by atoms with van der Waals surface area (Å²) in [7, 11) is 0. The monoisotopic (exact) mass is 297 g/mol. The van der Waals surface area contributed by atoms with E-state index in [2.05, 4.69) is 39.9 Å². The van der Waals surface area contributed by atoms with Crippen LogP contribution in [0.25, 0.3) is 0 Å². The smallest absolute Gasteiger partial charge is 0.123 e. The van der Waals surface area contributed by atoms with Gasteiger partial charge in [0.15, 0.2) is 0 Å². The van der Waals surface area contributed by atoms with Crippen LogP contribution in [0.1, 0.15) is 40.2 Å². The van der Waals surface area contributed by atoms with Gasteiger partial charge in [0.25, 0.3) is 0 Å². The number of benzene rings is 1. The quantitative estimate of drug-likeness (QED) is 0.832. The van der Waals surface area contributed by atoms with Gasteiger partial charge in [-0.15, -0.1) is 0 Å². The maximum Gasteiger partial charge on any atom is 0.123 e. The van der Waals surface area contributed by atoms with Crippen molar-refractivity contribution in [1.29, 1.82) is 0 Å². The number of rotatable bonds is 5. The number of nitrogens with one attached hydrogen (secondary N) is 1. The highest BCUT2D eigenvalue weighted by molar-refractivity contribution is 6.31. The van der Waals surface area contributed by atoms with Gasteiger partial charge in [0.2, 0.25) is 0 Å². The van der Waals surface area contributed by atoms with Crippen molar-refractivity contribution >= 4 is 11.6 Å². The highest BCUT2D eigenvalue weighted by Gasteiger charge is 2.66. The fourth-order valence-corrected chi connectivity index (χ4v) is 3.95. The maximum absolute atomic E-state index is 13.4. The molecule has 1 N–H and O–H groups in total. The highest BCUT2D eigenvalue weighted by Crippen LogP contribution is 2.69. The molecule has 1 aliphatic rings. The second-order valence-electron chi connectivity index (χ2n) is 7.03. The lowest BCUT2D eigenvalue weighted by Crippen LogP contribution is -2.35. The molecule has 0 spiro atoms. The summed E-state index contributed by atoms with van der Waals surface area (Å²) in [5.41, 5.74) is 1.51. The van der Waals surface area contributed by atoms with E-state index in [1.54, 1.807) is 12.1 Å². The molecular formula is C17H25ClFN. The first-order valence-electron chi connectivity index (χ1n) is 7.39. The van der Waals surface area contributed by atoms with E-state index in [1.165, 1.54) is 6.07 Å². The van der Waals surface area contributed by atoms with Crippen LogP contribution < -0.4 is 5.32 Å². The van der Waals surface area contributed by atoms with E-state index in [9.17, 15) is 4.39 Å². The van der Waals surface area contributed by atoms with Crippen molar-refractivity contribution in [3.8, 4) is 0 Å². The summed E-state index contributed by atoms with van der Waals surface area (Å²) in [6.45, 7) is 12.3. The van der Waals surface area contributed by atoms with E-state index >= 15 is 0 Å². The van der Waals surface area contributed by atoms with Crippen LogP contribution in [-0.2, 0) is 6.42 Å². The van der Waals surface area contributed by atoms with Crippen LogP contribution in [0, 0.1) is 22.6 Å². The van der Waals surface area contributed by atoms with E-state index in [-0.39, 0.29) is 5.82 Å². The Morgan fingerprint density at radius 1 is 1.25 bits per heavy atom. The fraction of sp³-hybridized carbons (Fsp3) is 0.647. The number of halogens is 2. The van der Waals surface area contributed by atoms with Gasteiger partial charge in [-0.05, 0) is 53.5 Å². The molecule has 0 aromatic heterocycles. The van der Waals surface area contributed by atoms with Crippen molar-refractivity contribution in [2.45, 2.75) is 47.1 Å². The molecule has 0 amide bonds. The van der Waals surface area contributed by atoms with Gasteiger partial charge >= 0.3 is 0 Å². The van der Waals surface area contributed by atoms with Crippen LogP contribution >= 0.6 is 11.6 Å². The van der Waals surface area contributed by atoms with Crippen molar-refractivity contribution in [2.75, 3.05) is 6.54 Å². The molecule has 1 aromatic carbocycles. The second kappa shape index (κ2) is 5.31. The van der Waals surface area contributed by atoms with Gasteiger partial charge in [-0.2, -0.15) is 0 Å². The summed E-state index contributed by atoms with van der Waals surface area (Å²) in [4.78, 5) is 0. The first kappa shape index (κ1) is 15.8. The van der Waals surface area contributed by atoms with E-state index in [0.717, 1.165) is 18.5 Å². The Morgan fingerprint density at radius 3 is 2.35 bits per heavy atom. The molecule has 1 fully saturated rings. The normalized spacial score (nSPS) is 21.8. The molecule has 1 aromatic rings. The van der Waals surface area contributed by atoms with Crippen LogP contribution in [0.5, 0.6) is 0 Å². The minimum absolute atomic E-state index is 0.214. The molecule has 2 rings (SSSR count). The Morgan fingerprint density at radius 2 is 1.85 bits per heavy atom. The molecule has 1 saturated carbocycles. The molecule has 0 aliphatic heterocycles. The van der Waals surface area contributed by atoms with Crippen molar-refractivity contribution < 1.29 is 4.39 Å². The standard InChI is InChI=1S/C17H25ClFN/c1-6-20-14(15-16(2,3)17(15,4)5)10-11-9-12(19)7-8-13(11)18/h7-9,14-15,20H,6,10H2,1-5H3. The van der Waals surface area contributed by atoms with E-state index in [4.69, 9.17) is 11.6 Å². The highest BCUT2D eigenvalue weighted by atomic mass is 35.5. The zero-order valence-corrected chi connectivity index (χ0v) is 13.8. The SMILES string of the molecule is CCNC(Cc1cc(F)ccc1Cl)C1C(C)(C)C1(C)C. The average Bonchev–Trinajstić information content (AvgIpc) is 2.74. The lowest BCUT2D eigenvalue weighted by atomic mass is 9.96. The molecule has 20 heavy (non-hydrogen) atoms. The minimum atomic E-state index is -0.214. The van der Waals surface area contributed by atoms with E-state index < -0.39 is 0 Å². The molecule has 0 bridgehead atoms. The zero-order chi connectivity index (χ0) is 15.1. The van der Waals surface area contributed by atoms with Gasteiger partial charge in [0.1, 0.15) is 5.82 Å². The minimum Gasteiger partial charge on any atom is -0.314 e. The van der Waals surface area contributed by atoms with Crippen LogP contribution in [0.2, 0.25) is 5.02 Å². The van der Waals surface area contributed by atoms with Gasteiger partial charge in [0, 0.05) is 11.1 Å². The first-order chi connectivity index (χ1) is 9.21. The molecule has 112 valence electrons. The molecule has 0 heterocycles. The van der Waals surface area contributed by atoms with Gasteiger partial charge in [0.05, 0.1) is 0 Å². The van der Waals surface area contributed by atoms with E-state index in [1.807, 2.05) is 0 Å². The third-order valence-electron chi connectivity index (χ3n) is 5.45. The average molecular weight is 298 g/mol. The first-order valence-corrected chi connectivity index (χ1v) is 7.77.